The first-order chi connectivity index (χ1) is 14.4. The Hall–Kier alpha value is -1.76. The first-order valence-corrected chi connectivity index (χ1v) is 11.5. The fraction of sp³-hybridized carbons (Fsp3) is 0.364. The molecule has 0 radical (unpaired) electrons. The molecule has 0 unspecified atom stereocenters. The number of ether oxygens (including phenoxy) is 1. The third-order valence-corrected chi connectivity index (χ3v) is 6.80. The van der Waals surface area contributed by atoms with Crippen molar-refractivity contribution in [2.75, 3.05) is 25.4 Å². The number of hydrogen-bond donors (Lipinski definition) is 1. The molecule has 0 spiro atoms. The SMILES string of the molecule is CCOC(=O)N1CCC(=C2c3ncc(Br)cc3CCc3cc(Cl)c(N)c(Cl)c32)CC1. The van der Waals surface area contributed by atoms with E-state index in [0.29, 0.717) is 35.4 Å². The van der Waals surface area contributed by atoms with Crippen LogP contribution in [0.3, 0.4) is 0 Å². The van der Waals surface area contributed by atoms with E-state index in [4.69, 9.17) is 38.7 Å². The summed E-state index contributed by atoms with van der Waals surface area (Å²) < 4.78 is 6.10. The molecule has 2 N–H and O–H groups in total. The van der Waals surface area contributed by atoms with Crippen LogP contribution >= 0.6 is 39.1 Å². The third kappa shape index (κ3) is 3.93. The molecule has 0 bridgehead atoms. The number of piperidine rings is 1. The van der Waals surface area contributed by atoms with E-state index in [1.165, 1.54) is 5.57 Å². The summed E-state index contributed by atoms with van der Waals surface area (Å²) in [4.78, 5) is 18.6. The highest BCUT2D eigenvalue weighted by Crippen LogP contribution is 2.45. The van der Waals surface area contributed by atoms with E-state index < -0.39 is 0 Å². The van der Waals surface area contributed by atoms with E-state index in [0.717, 1.165) is 58.1 Å². The van der Waals surface area contributed by atoms with Gasteiger partial charge in [0.1, 0.15) is 0 Å². The molecule has 2 aliphatic rings. The second-order valence-electron chi connectivity index (χ2n) is 7.45. The van der Waals surface area contributed by atoms with Gasteiger partial charge in [-0.1, -0.05) is 28.8 Å². The Morgan fingerprint density at radius 1 is 1.20 bits per heavy atom. The fourth-order valence-corrected chi connectivity index (χ4v) is 5.17. The monoisotopic (exact) mass is 509 g/mol. The molecular formula is C22H22BrCl2N3O2. The van der Waals surface area contributed by atoms with Gasteiger partial charge in [-0.15, -0.1) is 0 Å². The van der Waals surface area contributed by atoms with E-state index in [1.54, 1.807) is 4.90 Å². The van der Waals surface area contributed by atoms with Gasteiger partial charge in [-0.05, 0) is 71.8 Å². The number of nitrogens with zero attached hydrogens (tertiary/aromatic N) is 2. The largest absolute Gasteiger partial charge is 0.450 e. The van der Waals surface area contributed by atoms with E-state index in [-0.39, 0.29) is 6.09 Å². The molecule has 30 heavy (non-hydrogen) atoms. The number of pyridine rings is 1. The lowest BCUT2D eigenvalue weighted by atomic mass is 9.88. The number of aromatic nitrogens is 1. The zero-order chi connectivity index (χ0) is 21.4. The van der Waals surface area contributed by atoms with Crippen molar-refractivity contribution in [2.24, 2.45) is 0 Å². The summed E-state index contributed by atoms with van der Waals surface area (Å²) in [6.45, 7) is 3.38. The van der Waals surface area contributed by atoms with Crippen LogP contribution in [0.25, 0.3) is 5.57 Å². The number of aryl methyl sites for hydroxylation is 2. The van der Waals surface area contributed by atoms with Gasteiger partial charge in [0, 0.05) is 34.9 Å². The second kappa shape index (κ2) is 8.77. The molecule has 158 valence electrons. The molecule has 1 aliphatic heterocycles. The smallest absolute Gasteiger partial charge is 0.409 e. The van der Waals surface area contributed by atoms with Crippen LogP contribution in [0.15, 0.2) is 28.4 Å². The normalized spacial score (nSPS) is 16.1. The number of nitrogens with two attached hydrogens (primary N) is 1. The summed E-state index contributed by atoms with van der Waals surface area (Å²) in [7, 11) is 0. The van der Waals surface area contributed by atoms with Crippen LogP contribution in [0, 0.1) is 0 Å². The number of rotatable bonds is 1. The zero-order valence-corrected chi connectivity index (χ0v) is 19.7. The number of fused-ring (bicyclic) bond motifs is 2. The fourth-order valence-electron chi connectivity index (χ4n) is 4.20. The molecule has 0 atom stereocenters. The average molecular weight is 511 g/mol. The predicted molar refractivity (Wildman–Crippen MR) is 124 cm³/mol. The topological polar surface area (TPSA) is 68.5 Å². The van der Waals surface area contributed by atoms with E-state index >= 15 is 0 Å². The zero-order valence-electron chi connectivity index (χ0n) is 16.6. The van der Waals surface area contributed by atoms with Crippen molar-refractivity contribution in [3.8, 4) is 0 Å². The van der Waals surface area contributed by atoms with E-state index in [1.807, 2.05) is 19.2 Å². The van der Waals surface area contributed by atoms with Gasteiger partial charge in [-0.2, -0.15) is 0 Å². The van der Waals surface area contributed by atoms with E-state index in [2.05, 4.69) is 22.0 Å². The third-order valence-electron chi connectivity index (χ3n) is 5.67. The van der Waals surface area contributed by atoms with Gasteiger partial charge in [0.05, 0.1) is 28.0 Å². The van der Waals surface area contributed by atoms with Gasteiger partial charge >= 0.3 is 6.09 Å². The summed E-state index contributed by atoms with van der Waals surface area (Å²) in [5, 5.41) is 0.950. The molecule has 4 rings (SSSR count). The molecule has 5 nitrogen and oxygen atoms in total. The minimum absolute atomic E-state index is 0.265. The maximum absolute atomic E-state index is 12.1. The van der Waals surface area contributed by atoms with Crippen LogP contribution in [0.1, 0.15) is 42.1 Å². The molecule has 1 aromatic heterocycles. The number of nitrogen functional groups attached to an aromatic ring is 1. The number of carbonyl (C=O) groups is 1. The molecule has 8 heteroatoms. The van der Waals surface area contributed by atoms with Crippen molar-refractivity contribution in [1.29, 1.82) is 0 Å². The number of halogens is 3. The van der Waals surface area contributed by atoms with Crippen molar-refractivity contribution < 1.29 is 9.53 Å². The van der Waals surface area contributed by atoms with Crippen LogP contribution in [-0.4, -0.2) is 35.7 Å². The predicted octanol–water partition coefficient (Wildman–Crippen LogP) is 5.89. The van der Waals surface area contributed by atoms with Gasteiger partial charge in [-0.3, -0.25) is 4.98 Å². The molecule has 0 saturated carbocycles. The molecule has 2 heterocycles. The van der Waals surface area contributed by atoms with Crippen LogP contribution < -0.4 is 5.73 Å². The number of anilines is 1. The van der Waals surface area contributed by atoms with Gasteiger partial charge in [0.15, 0.2) is 0 Å². The highest BCUT2D eigenvalue weighted by Gasteiger charge is 2.29. The summed E-state index contributed by atoms with van der Waals surface area (Å²) in [6.07, 6.45) is 4.63. The maximum Gasteiger partial charge on any atom is 0.409 e. The lowest BCUT2D eigenvalue weighted by Gasteiger charge is -2.30. The van der Waals surface area contributed by atoms with Gasteiger partial charge in [-0.25, -0.2) is 4.79 Å². The highest BCUT2D eigenvalue weighted by molar-refractivity contribution is 9.10. The maximum atomic E-state index is 12.1. The lowest BCUT2D eigenvalue weighted by Crippen LogP contribution is -2.37. The first-order valence-electron chi connectivity index (χ1n) is 9.96. The average Bonchev–Trinajstić information content (AvgIpc) is 2.89. The van der Waals surface area contributed by atoms with Crippen molar-refractivity contribution in [3.63, 3.8) is 0 Å². The Morgan fingerprint density at radius 3 is 2.60 bits per heavy atom. The van der Waals surface area contributed by atoms with Crippen LogP contribution in [0.4, 0.5) is 10.5 Å². The number of likely N-dealkylation sites (tertiary alicyclic amines) is 1. The summed E-state index contributed by atoms with van der Waals surface area (Å²) in [5.74, 6) is 0. The van der Waals surface area contributed by atoms with Crippen molar-refractivity contribution >= 4 is 56.5 Å². The Bertz CT molecular complexity index is 1050. The van der Waals surface area contributed by atoms with Crippen molar-refractivity contribution in [2.45, 2.75) is 32.6 Å². The van der Waals surface area contributed by atoms with Gasteiger partial charge in [0.2, 0.25) is 0 Å². The lowest BCUT2D eigenvalue weighted by molar-refractivity contribution is 0.104. The molecule has 1 aliphatic carbocycles. The minimum atomic E-state index is -0.265. The van der Waals surface area contributed by atoms with Crippen LogP contribution in [0.5, 0.6) is 0 Å². The Balaban J connectivity index is 1.86. The Morgan fingerprint density at radius 2 is 1.90 bits per heavy atom. The quantitative estimate of drug-likeness (QED) is 0.486. The highest BCUT2D eigenvalue weighted by atomic mass is 79.9. The Labute approximate surface area is 194 Å². The minimum Gasteiger partial charge on any atom is -0.450 e. The molecule has 1 aromatic carbocycles. The van der Waals surface area contributed by atoms with Crippen molar-refractivity contribution in [3.05, 3.63) is 60.8 Å². The van der Waals surface area contributed by atoms with Gasteiger partial charge < -0.3 is 15.4 Å². The molecule has 1 saturated heterocycles. The molecule has 2 aromatic rings. The standard InChI is InChI=1S/C22H22BrCl2N3O2/c1-2-30-22(29)28-7-5-12(6-8-28)18-17-13(10-16(24)20(26)19(17)25)3-4-14-9-15(23)11-27-21(14)18/h9-11H,2-8,26H2,1H3. The number of benzene rings is 1. The number of carbonyl (C=O) groups excluding carboxylic acids is 1. The number of amides is 1. The summed E-state index contributed by atoms with van der Waals surface area (Å²) >= 11 is 16.6. The Kier molecular flexibility index (Phi) is 6.28. The van der Waals surface area contributed by atoms with Gasteiger partial charge in [0.25, 0.3) is 0 Å². The second-order valence-corrected chi connectivity index (χ2v) is 9.15. The molecule has 1 amide bonds. The number of hydrogen-bond acceptors (Lipinski definition) is 4. The summed E-state index contributed by atoms with van der Waals surface area (Å²) in [5.41, 5.74) is 12.9. The summed E-state index contributed by atoms with van der Waals surface area (Å²) in [6, 6.07) is 4.04. The van der Waals surface area contributed by atoms with Crippen LogP contribution in [-0.2, 0) is 17.6 Å². The first kappa shape index (κ1) is 21.5. The van der Waals surface area contributed by atoms with Crippen LogP contribution in [0.2, 0.25) is 10.0 Å². The molecule has 1 fully saturated rings. The van der Waals surface area contributed by atoms with Crippen molar-refractivity contribution in [1.82, 2.24) is 9.88 Å². The van der Waals surface area contributed by atoms with E-state index in [9.17, 15) is 4.79 Å². The molecular weight excluding hydrogens is 489 g/mol.